The van der Waals surface area contributed by atoms with Crippen LogP contribution in [-0.2, 0) is 6.54 Å². The fourth-order valence-electron chi connectivity index (χ4n) is 4.07. The maximum atomic E-state index is 10.9. The summed E-state index contributed by atoms with van der Waals surface area (Å²) < 4.78 is 2.29. The molecule has 7 nitrogen and oxygen atoms in total. The molecule has 166 valence electrons. The van der Waals surface area contributed by atoms with Crippen molar-refractivity contribution >= 4 is 50.1 Å². The lowest BCUT2D eigenvalue weighted by atomic mass is 10.1. The summed E-state index contributed by atoms with van der Waals surface area (Å²) in [7, 11) is 0. The Morgan fingerprint density at radius 1 is 1.15 bits per heavy atom. The standard InChI is InChI=1S/C26H19N5O2S/c1-2-30-24-6-4-3-5-21(24)22-13-19(9-12-25(22)30)28-15-18(14-27)26-29-23(16-34-26)17-7-10-20(11-8-17)31(32)33/h3-13,15-16,28H,2H2,1H3. The van der Waals surface area contributed by atoms with Gasteiger partial charge in [-0.1, -0.05) is 18.2 Å². The first kappa shape index (κ1) is 21.4. The lowest BCUT2D eigenvalue weighted by Crippen LogP contribution is -1.94. The number of anilines is 1. The summed E-state index contributed by atoms with van der Waals surface area (Å²) >= 11 is 1.35. The first-order chi connectivity index (χ1) is 16.6. The van der Waals surface area contributed by atoms with Gasteiger partial charge in [0.15, 0.2) is 0 Å². The van der Waals surface area contributed by atoms with Crippen LogP contribution in [0.3, 0.4) is 0 Å². The van der Waals surface area contributed by atoms with Crippen molar-refractivity contribution in [2.45, 2.75) is 13.5 Å². The Hall–Kier alpha value is -4.48. The zero-order valence-electron chi connectivity index (χ0n) is 18.2. The summed E-state index contributed by atoms with van der Waals surface area (Å²) in [4.78, 5) is 15.0. The molecule has 0 aliphatic rings. The fraction of sp³-hybridized carbons (Fsp3) is 0.0769. The second-order valence-electron chi connectivity index (χ2n) is 7.65. The van der Waals surface area contributed by atoms with Gasteiger partial charge in [-0.2, -0.15) is 5.26 Å². The van der Waals surface area contributed by atoms with Crippen molar-refractivity contribution in [3.05, 3.63) is 93.4 Å². The highest BCUT2D eigenvalue weighted by Crippen LogP contribution is 2.32. The molecule has 3 aromatic carbocycles. The quantitative estimate of drug-likeness (QED) is 0.168. The number of nitrogens with zero attached hydrogens (tertiary/aromatic N) is 4. The van der Waals surface area contributed by atoms with Gasteiger partial charge in [0.1, 0.15) is 16.6 Å². The highest BCUT2D eigenvalue weighted by atomic mass is 32.1. The van der Waals surface area contributed by atoms with E-state index in [1.165, 1.54) is 39.9 Å². The third-order valence-corrected chi connectivity index (χ3v) is 6.58. The highest BCUT2D eigenvalue weighted by molar-refractivity contribution is 7.11. The van der Waals surface area contributed by atoms with E-state index in [4.69, 9.17) is 0 Å². The van der Waals surface area contributed by atoms with Crippen molar-refractivity contribution in [3.8, 4) is 17.3 Å². The van der Waals surface area contributed by atoms with Crippen LogP contribution < -0.4 is 5.32 Å². The van der Waals surface area contributed by atoms with E-state index in [2.05, 4.69) is 52.1 Å². The molecule has 2 heterocycles. The maximum absolute atomic E-state index is 10.9. The van der Waals surface area contributed by atoms with Crippen molar-refractivity contribution < 1.29 is 4.92 Å². The molecule has 2 aromatic heterocycles. The molecule has 34 heavy (non-hydrogen) atoms. The number of aryl methyl sites for hydroxylation is 1. The second-order valence-corrected chi connectivity index (χ2v) is 8.51. The molecule has 5 rings (SSSR count). The summed E-state index contributed by atoms with van der Waals surface area (Å²) in [5.74, 6) is 0. The minimum Gasteiger partial charge on any atom is -0.360 e. The molecule has 0 bridgehead atoms. The molecule has 0 amide bonds. The van der Waals surface area contributed by atoms with Gasteiger partial charge >= 0.3 is 0 Å². The fourth-order valence-corrected chi connectivity index (χ4v) is 4.86. The molecular formula is C26H19N5O2S. The number of hydrogen-bond donors (Lipinski definition) is 1. The van der Waals surface area contributed by atoms with Crippen LogP contribution in [0, 0.1) is 21.4 Å². The molecule has 0 saturated carbocycles. The highest BCUT2D eigenvalue weighted by Gasteiger charge is 2.12. The number of para-hydroxylation sites is 1. The zero-order chi connectivity index (χ0) is 23.7. The molecule has 5 aromatic rings. The number of nitro benzene ring substituents is 1. The topological polar surface area (TPSA) is 96.8 Å². The minimum atomic E-state index is -0.435. The molecule has 0 unspecified atom stereocenters. The van der Waals surface area contributed by atoms with E-state index in [1.54, 1.807) is 18.3 Å². The lowest BCUT2D eigenvalue weighted by Gasteiger charge is -2.05. The van der Waals surface area contributed by atoms with Crippen molar-refractivity contribution in [3.63, 3.8) is 0 Å². The molecule has 0 atom stereocenters. The monoisotopic (exact) mass is 465 g/mol. The number of benzene rings is 3. The number of aromatic nitrogens is 2. The normalized spacial score (nSPS) is 11.6. The lowest BCUT2D eigenvalue weighted by molar-refractivity contribution is -0.384. The molecule has 0 saturated heterocycles. The summed E-state index contributed by atoms with van der Waals surface area (Å²) in [5, 5.41) is 28.6. The number of fused-ring (bicyclic) bond motifs is 3. The molecule has 1 N–H and O–H groups in total. The smallest absolute Gasteiger partial charge is 0.269 e. The van der Waals surface area contributed by atoms with Crippen LogP contribution in [0.25, 0.3) is 38.6 Å². The van der Waals surface area contributed by atoms with Crippen LogP contribution in [0.1, 0.15) is 11.9 Å². The predicted octanol–water partition coefficient (Wildman–Crippen LogP) is 6.82. The number of rotatable bonds is 6. The number of hydrogen-bond acceptors (Lipinski definition) is 6. The summed E-state index contributed by atoms with van der Waals surface area (Å²) in [6.45, 7) is 3.02. The van der Waals surface area contributed by atoms with E-state index in [0.717, 1.165) is 23.2 Å². The first-order valence-electron chi connectivity index (χ1n) is 10.7. The van der Waals surface area contributed by atoms with Gasteiger partial charge in [0, 0.05) is 63.3 Å². The van der Waals surface area contributed by atoms with Crippen LogP contribution in [0.2, 0.25) is 0 Å². The number of allylic oxidation sites excluding steroid dienone is 1. The maximum Gasteiger partial charge on any atom is 0.269 e. The average Bonchev–Trinajstić information content (AvgIpc) is 3.47. The molecule has 0 radical (unpaired) electrons. The van der Waals surface area contributed by atoms with E-state index in [9.17, 15) is 15.4 Å². The Bertz CT molecular complexity index is 1610. The van der Waals surface area contributed by atoms with Crippen LogP contribution in [0.15, 0.2) is 78.3 Å². The van der Waals surface area contributed by atoms with Crippen molar-refractivity contribution in [2.24, 2.45) is 0 Å². The van der Waals surface area contributed by atoms with Gasteiger partial charge in [-0.15, -0.1) is 11.3 Å². The van der Waals surface area contributed by atoms with Gasteiger partial charge in [0.2, 0.25) is 0 Å². The van der Waals surface area contributed by atoms with Crippen LogP contribution >= 0.6 is 11.3 Å². The van der Waals surface area contributed by atoms with Crippen LogP contribution in [0.4, 0.5) is 11.4 Å². The molecule has 0 spiro atoms. The molecular weight excluding hydrogens is 446 g/mol. The Morgan fingerprint density at radius 3 is 2.65 bits per heavy atom. The van der Waals surface area contributed by atoms with Gasteiger partial charge in [-0.05, 0) is 43.3 Å². The summed E-state index contributed by atoms with van der Waals surface area (Å²) in [5.41, 5.74) is 5.13. The second kappa shape index (κ2) is 8.81. The third-order valence-electron chi connectivity index (χ3n) is 5.70. The average molecular weight is 466 g/mol. The van der Waals surface area contributed by atoms with Gasteiger partial charge in [0.25, 0.3) is 5.69 Å². The number of non-ortho nitro benzene ring substituents is 1. The van der Waals surface area contributed by atoms with Crippen LogP contribution in [-0.4, -0.2) is 14.5 Å². The molecule has 8 heteroatoms. The molecule has 0 fully saturated rings. The van der Waals surface area contributed by atoms with E-state index >= 15 is 0 Å². The molecule has 0 aliphatic heterocycles. The number of nitrogens with one attached hydrogen (secondary N) is 1. The van der Waals surface area contributed by atoms with Crippen LogP contribution in [0.5, 0.6) is 0 Å². The van der Waals surface area contributed by atoms with E-state index < -0.39 is 4.92 Å². The Balaban J connectivity index is 1.43. The number of nitro groups is 1. The Morgan fingerprint density at radius 2 is 1.91 bits per heavy atom. The minimum absolute atomic E-state index is 0.0278. The van der Waals surface area contributed by atoms with Gasteiger partial charge in [-0.25, -0.2) is 4.98 Å². The van der Waals surface area contributed by atoms with Crippen molar-refractivity contribution in [2.75, 3.05) is 5.32 Å². The first-order valence-corrected chi connectivity index (χ1v) is 11.6. The van der Waals surface area contributed by atoms with Gasteiger partial charge in [-0.3, -0.25) is 10.1 Å². The largest absolute Gasteiger partial charge is 0.360 e. The summed E-state index contributed by atoms with van der Waals surface area (Å²) in [6, 6.07) is 23.0. The number of nitriles is 1. The van der Waals surface area contributed by atoms with Gasteiger partial charge < -0.3 is 9.88 Å². The predicted molar refractivity (Wildman–Crippen MR) is 137 cm³/mol. The zero-order valence-corrected chi connectivity index (χ0v) is 19.0. The van der Waals surface area contributed by atoms with Crippen molar-refractivity contribution in [1.82, 2.24) is 9.55 Å². The summed E-state index contributed by atoms with van der Waals surface area (Å²) in [6.07, 6.45) is 1.67. The van der Waals surface area contributed by atoms with E-state index in [0.29, 0.717) is 16.3 Å². The third kappa shape index (κ3) is 3.78. The van der Waals surface area contributed by atoms with E-state index in [1.807, 2.05) is 23.6 Å². The Labute approximate surface area is 199 Å². The Kier molecular flexibility index (Phi) is 5.54. The van der Waals surface area contributed by atoms with Crippen molar-refractivity contribution in [1.29, 1.82) is 5.26 Å². The molecule has 0 aliphatic carbocycles. The SMILES string of the molecule is CCn1c2ccccc2c2cc(NC=C(C#N)c3nc(-c4ccc([N+](=O)[O-])cc4)cs3)ccc21. The van der Waals surface area contributed by atoms with E-state index in [-0.39, 0.29) is 5.69 Å². The number of thiazole rings is 1. The van der Waals surface area contributed by atoms with Gasteiger partial charge in [0.05, 0.1) is 10.6 Å².